The van der Waals surface area contributed by atoms with Gasteiger partial charge in [-0.3, -0.25) is 14.5 Å². The van der Waals surface area contributed by atoms with E-state index < -0.39 is 65.6 Å². The monoisotopic (exact) mass is 571 g/mol. The first-order chi connectivity index (χ1) is 18.3. The molecule has 1 heterocycles. The Kier molecular flexibility index (Phi) is 8.28. The van der Waals surface area contributed by atoms with Crippen LogP contribution in [0.15, 0.2) is 54.2 Å². The molecule has 0 unspecified atom stereocenters. The highest BCUT2D eigenvalue weighted by Crippen LogP contribution is 2.37. The number of hydrogen-bond donors (Lipinski definition) is 0. The summed E-state index contributed by atoms with van der Waals surface area (Å²) in [6.07, 6.45) is -11.1. The molecule has 13 heteroatoms. The van der Waals surface area contributed by atoms with Crippen LogP contribution in [0.1, 0.15) is 43.0 Å². The van der Waals surface area contributed by atoms with Crippen molar-refractivity contribution in [3.63, 3.8) is 0 Å². The maximum atomic E-state index is 13.7. The highest BCUT2D eigenvalue weighted by molar-refractivity contribution is 6.08. The third kappa shape index (κ3) is 6.93. The molecule has 2 aromatic rings. The van der Waals surface area contributed by atoms with E-state index in [1.807, 2.05) is 0 Å². The number of ether oxygens (including phenoxy) is 1. The van der Waals surface area contributed by atoms with E-state index in [1.54, 1.807) is 51.1 Å². The zero-order valence-electron chi connectivity index (χ0n) is 22.3. The average Bonchev–Trinajstić information content (AvgIpc) is 2.83. The molecule has 3 amide bonds. The van der Waals surface area contributed by atoms with Crippen molar-refractivity contribution in [2.45, 2.75) is 45.3 Å². The zero-order chi connectivity index (χ0) is 30.2. The second-order valence-corrected chi connectivity index (χ2v) is 10.2. The van der Waals surface area contributed by atoms with Crippen molar-refractivity contribution >= 4 is 23.6 Å². The quantitative estimate of drug-likeness (QED) is 0.438. The molecule has 7 nitrogen and oxygen atoms in total. The largest absolute Gasteiger partial charge is 0.443 e. The molecule has 0 atom stereocenters. The number of likely N-dealkylation sites (N-methyl/N-ethyl adjacent to an activating group) is 2. The predicted molar refractivity (Wildman–Crippen MR) is 132 cm³/mol. The Hall–Kier alpha value is -4.03. The van der Waals surface area contributed by atoms with Gasteiger partial charge >= 0.3 is 18.4 Å². The average molecular weight is 572 g/mol. The number of nitrogens with zero attached hydrogens (tertiary/aromatic N) is 3. The fourth-order valence-electron chi connectivity index (χ4n) is 3.98. The van der Waals surface area contributed by atoms with Crippen molar-refractivity contribution in [2.24, 2.45) is 0 Å². The first-order valence-corrected chi connectivity index (χ1v) is 11.9. The van der Waals surface area contributed by atoms with Crippen LogP contribution in [0.25, 0.3) is 5.70 Å². The number of carbonyl (C=O) groups is 3. The van der Waals surface area contributed by atoms with Gasteiger partial charge in [0.2, 0.25) is 5.91 Å². The summed E-state index contributed by atoms with van der Waals surface area (Å²) in [7, 11) is 2.45. The van der Waals surface area contributed by atoms with Gasteiger partial charge in [-0.25, -0.2) is 4.79 Å². The topological polar surface area (TPSA) is 70.2 Å². The first kappa shape index (κ1) is 30.5. The van der Waals surface area contributed by atoms with Crippen LogP contribution in [0, 0.1) is 0 Å². The number of amides is 3. The minimum absolute atomic E-state index is 0.00572. The van der Waals surface area contributed by atoms with Crippen molar-refractivity contribution in [1.29, 1.82) is 0 Å². The Morgan fingerprint density at radius 3 is 1.93 bits per heavy atom. The minimum Gasteiger partial charge on any atom is -0.443 e. The lowest BCUT2D eigenvalue weighted by Crippen LogP contribution is -2.50. The van der Waals surface area contributed by atoms with Gasteiger partial charge in [0.05, 0.1) is 16.8 Å². The molecule has 0 N–H and O–H groups in total. The van der Waals surface area contributed by atoms with E-state index in [4.69, 9.17) is 4.74 Å². The SMILES string of the molecule is CN(Cc1cc(C(F)(F)F)cc(C(F)(F)F)c1)C(=O)C1=C(c2ccccc2)N(C(=O)OC(C)(C)C)CC(=O)N1C. The van der Waals surface area contributed by atoms with Gasteiger partial charge in [-0.1, -0.05) is 30.3 Å². The minimum atomic E-state index is -5.06. The summed E-state index contributed by atoms with van der Waals surface area (Å²) in [5.74, 6) is -1.59. The number of benzene rings is 2. The standard InChI is InChI=1S/C27H27F6N3O4/c1-25(2,3)40-24(39)36-15-20(37)35(5)22(21(36)17-9-7-6-8-10-17)23(38)34(4)14-16-11-18(26(28,29)30)13-19(12-16)27(31,32)33/h6-13H,14-15H2,1-5H3. The molecule has 40 heavy (non-hydrogen) atoms. The van der Waals surface area contributed by atoms with Gasteiger partial charge in [-0.15, -0.1) is 0 Å². The van der Waals surface area contributed by atoms with E-state index in [0.29, 0.717) is 17.7 Å². The lowest BCUT2D eigenvalue weighted by molar-refractivity contribution is -0.143. The number of carbonyl (C=O) groups excluding carboxylic acids is 3. The zero-order valence-corrected chi connectivity index (χ0v) is 22.3. The summed E-state index contributed by atoms with van der Waals surface area (Å²) < 4.78 is 85.5. The van der Waals surface area contributed by atoms with Crippen molar-refractivity contribution in [3.05, 3.63) is 76.5 Å². The van der Waals surface area contributed by atoms with Crippen LogP contribution >= 0.6 is 0 Å². The number of rotatable bonds is 4. The lowest BCUT2D eigenvalue weighted by atomic mass is 10.0. The van der Waals surface area contributed by atoms with Crippen LogP contribution < -0.4 is 0 Å². The number of hydrogen-bond acceptors (Lipinski definition) is 4. The molecule has 0 saturated carbocycles. The Balaban J connectivity index is 2.12. The molecule has 0 radical (unpaired) electrons. The van der Waals surface area contributed by atoms with E-state index >= 15 is 0 Å². The molecule has 3 rings (SSSR count). The van der Waals surface area contributed by atoms with Crippen molar-refractivity contribution in [2.75, 3.05) is 20.6 Å². The summed E-state index contributed by atoms with van der Waals surface area (Å²) >= 11 is 0. The summed E-state index contributed by atoms with van der Waals surface area (Å²) in [6.45, 7) is 3.70. The first-order valence-electron chi connectivity index (χ1n) is 11.9. The summed E-state index contributed by atoms with van der Waals surface area (Å²) in [5, 5.41) is 0. The van der Waals surface area contributed by atoms with E-state index in [0.717, 1.165) is 21.7 Å². The van der Waals surface area contributed by atoms with Gasteiger partial charge in [0.15, 0.2) is 0 Å². The van der Waals surface area contributed by atoms with Crippen molar-refractivity contribution in [3.8, 4) is 0 Å². The van der Waals surface area contributed by atoms with E-state index in [2.05, 4.69) is 0 Å². The van der Waals surface area contributed by atoms with Gasteiger partial charge in [-0.05, 0) is 44.5 Å². The third-order valence-electron chi connectivity index (χ3n) is 5.77. The second kappa shape index (κ2) is 10.9. The van der Waals surface area contributed by atoms with Crippen molar-refractivity contribution in [1.82, 2.24) is 14.7 Å². The van der Waals surface area contributed by atoms with Gasteiger partial charge in [0.25, 0.3) is 5.91 Å². The lowest BCUT2D eigenvalue weighted by Gasteiger charge is -2.37. The fourth-order valence-corrected chi connectivity index (χ4v) is 3.98. The Morgan fingerprint density at radius 1 is 0.925 bits per heavy atom. The highest BCUT2D eigenvalue weighted by atomic mass is 19.4. The number of alkyl halides is 6. The summed E-state index contributed by atoms with van der Waals surface area (Å²) in [6, 6.07) is 9.12. The van der Waals surface area contributed by atoms with Crippen LogP contribution in [0.2, 0.25) is 0 Å². The van der Waals surface area contributed by atoms with E-state index in [9.17, 15) is 40.7 Å². The van der Waals surface area contributed by atoms with Crippen LogP contribution in [0.5, 0.6) is 0 Å². The van der Waals surface area contributed by atoms with Crippen LogP contribution in [-0.2, 0) is 33.2 Å². The van der Waals surface area contributed by atoms with Crippen molar-refractivity contribution < 1.29 is 45.5 Å². The van der Waals surface area contributed by atoms with Gasteiger partial charge in [0, 0.05) is 26.2 Å². The van der Waals surface area contributed by atoms with Gasteiger partial charge < -0.3 is 14.5 Å². The Labute approximate surface area is 226 Å². The Morgan fingerprint density at radius 2 is 1.45 bits per heavy atom. The fraction of sp³-hybridized carbons (Fsp3) is 0.370. The number of halogens is 6. The second-order valence-electron chi connectivity index (χ2n) is 10.2. The molecular formula is C27H27F6N3O4. The maximum absolute atomic E-state index is 13.7. The molecule has 216 valence electrons. The van der Waals surface area contributed by atoms with E-state index in [1.165, 1.54) is 7.05 Å². The Bertz CT molecular complexity index is 1300. The van der Waals surface area contributed by atoms with Crippen LogP contribution in [0.3, 0.4) is 0 Å². The van der Waals surface area contributed by atoms with Gasteiger partial charge in [0.1, 0.15) is 17.8 Å². The smallest absolute Gasteiger partial charge is 0.416 e. The molecule has 2 aromatic carbocycles. The third-order valence-corrected chi connectivity index (χ3v) is 5.77. The molecule has 1 aliphatic rings. The maximum Gasteiger partial charge on any atom is 0.416 e. The predicted octanol–water partition coefficient (Wildman–Crippen LogP) is 5.76. The van der Waals surface area contributed by atoms with Gasteiger partial charge in [-0.2, -0.15) is 26.3 Å². The highest BCUT2D eigenvalue weighted by Gasteiger charge is 2.40. The summed E-state index contributed by atoms with van der Waals surface area (Å²) in [4.78, 5) is 42.5. The molecule has 0 aliphatic carbocycles. The molecular weight excluding hydrogens is 544 g/mol. The molecule has 0 bridgehead atoms. The molecule has 0 saturated heterocycles. The molecule has 0 spiro atoms. The normalized spacial score (nSPS) is 14.9. The van der Waals surface area contributed by atoms with E-state index in [-0.39, 0.29) is 17.5 Å². The molecule has 1 aliphatic heterocycles. The molecule has 0 aromatic heterocycles. The van der Waals surface area contributed by atoms with Crippen LogP contribution in [0.4, 0.5) is 31.1 Å². The van der Waals surface area contributed by atoms with Crippen LogP contribution in [-0.4, -0.2) is 58.8 Å². The molecule has 0 fully saturated rings. The summed E-state index contributed by atoms with van der Waals surface area (Å²) in [5.41, 5.74) is -4.40.